The first-order valence-corrected chi connectivity index (χ1v) is 11.4. The highest BCUT2D eigenvalue weighted by Gasteiger charge is 2.08. The number of aryl methyl sites for hydroxylation is 2. The normalized spacial score (nSPS) is 11.0. The van der Waals surface area contributed by atoms with Gasteiger partial charge in [0.05, 0.1) is 6.21 Å². The molecule has 33 heavy (non-hydrogen) atoms. The van der Waals surface area contributed by atoms with Crippen molar-refractivity contribution in [3.63, 3.8) is 0 Å². The number of ether oxygens (including phenoxy) is 1. The smallest absolute Gasteiger partial charge is 0.271 e. The summed E-state index contributed by atoms with van der Waals surface area (Å²) >= 11 is 3.47. The van der Waals surface area contributed by atoms with Crippen LogP contribution in [0.5, 0.6) is 5.75 Å². The van der Waals surface area contributed by atoms with Crippen LogP contribution >= 0.6 is 15.9 Å². The van der Waals surface area contributed by atoms with Crippen LogP contribution in [0.1, 0.15) is 32.9 Å². The zero-order valence-electron chi connectivity index (χ0n) is 18.5. The van der Waals surface area contributed by atoms with Gasteiger partial charge in [0.1, 0.15) is 12.4 Å². The molecule has 4 aromatic rings. The Labute approximate surface area is 201 Å². The zero-order valence-corrected chi connectivity index (χ0v) is 20.0. The van der Waals surface area contributed by atoms with E-state index in [2.05, 4.69) is 57.0 Å². The van der Waals surface area contributed by atoms with Gasteiger partial charge in [-0.15, -0.1) is 0 Å². The van der Waals surface area contributed by atoms with Crippen molar-refractivity contribution in [1.82, 2.24) is 9.99 Å². The topological polar surface area (TPSA) is 55.6 Å². The van der Waals surface area contributed by atoms with Gasteiger partial charge in [-0.1, -0.05) is 40.2 Å². The van der Waals surface area contributed by atoms with E-state index in [0.29, 0.717) is 17.9 Å². The molecule has 0 fully saturated rings. The summed E-state index contributed by atoms with van der Waals surface area (Å²) in [6.07, 6.45) is 1.59. The third-order valence-corrected chi connectivity index (χ3v) is 5.72. The van der Waals surface area contributed by atoms with Crippen LogP contribution in [0, 0.1) is 13.8 Å². The molecule has 6 heteroatoms. The molecule has 1 amide bonds. The standard InChI is InChI=1S/C27H24BrN3O2/c1-19-10-11-20(2)31(19)25-14-12-22(13-15-25)27(32)30-29-17-23-7-3-4-9-26(23)33-18-21-6-5-8-24(28)16-21/h3-17H,18H2,1-2H3,(H,30,32)/b29-17-. The number of amides is 1. The molecule has 0 unspecified atom stereocenters. The molecule has 0 atom stereocenters. The fourth-order valence-electron chi connectivity index (χ4n) is 3.57. The Morgan fingerprint density at radius 3 is 2.42 bits per heavy atom. The Morgan fingerprint density at radius 2 is 1.70 bits per heavy atom. The van der Waals surface area contributed by atoms with Crippen LogP contribution in [0.2, 0.25) is 0 Å². The fraction of sp³-hybridized carbons (Fsp3) is 0.111. The number of aromatic nitrogens is 1. The molecule has 1 heterocycles. The van der Waals surface area contributed by atoms with Crippen molar-refractivity contribution in [1.29, 1.82) is 0 Å². The van der Waals surface area contributed by atoms with Crippen molar-refractivity contribution in [2.24, 2.45) is 5.10 Å². The van der Waals surface area contributed by atoms with Crippen molar-refractivity contribution in [3.05, 3.63) is 117 Å². The Morgan fingerprint density at radius 1 is 0.970 bits per heavy atom. The maximum absolute atomic E-state index is 12.5. The van der Waals surface area contributed by atoms with Crippen LogP contribution in [-0.4, -0.2) is 16.7 Å². The molecule has 0 spiro atoms. The van der Waals surface area contributed by atoms with Gasteiger partial charge in [-0.05, 0) is 80.1 Å². The Hall–Kier alpha value is -3.64. The second-order valence-electron chi connectivity index (χ2n) is 7.65. The van der Waals surface area contributed by atoms with Gasteiger partial charge < -0.3 is 9.30 Å². The van der Waals surface area contributed by atoms with E-state index in [9.17, 15) is 4.79 Å². The summed E-state index contributed by atoms with van der Waals surface area (Å²) in [4.78, 5) is 12.5. The number of hydrogen-bond donors (Lipinski definition) is 1. The first-order chi connectivity index (χ1) is 16.0. The molecule has 0 bridgehead atoms. The lowest BCUT2D eigenvalue weighted by Crippen LogP contribution is -2.17. The average molecular weight is 502 g/mol. The first kappa shape index (κ1) is 22.6. The van der Waals surface area contributed by atoms with Crippen molar-refractivity contribution >= 4 is 28.1 Å². The molecule has 4 rings (SSSR count). The van der Waals surface area contributed by atoms with Gasteiger partial charge in [0, 0.05) is 32.7 Å². The van der Waals surface area contributed by atoms with E-state index in [1.54, 1.807) is 18.3 Å². The summed E-state index contributed by atoms with van der Waals surface area (Å²) in [6.45, 7) is 4.55. The third-order valence-electron chi connectivity index (χ3n) is 5.23. The summed E-state index contributed by atoms with van der Waals surface area (Å²) in [5, 5.41) is 4.13. The summed E-state index contributed by atoms with van der Waals surface area (Å²) in [6, 6.07) is 27.2. The third kappa shape index (κ3) is 5.59. The molecule has 0 aliphatic heterocycles. The van der Waals surface area contributed by atoms with Gasteiger partial charge in [0.15, 0.2) is 0 Å². The van der Waals surface area contributed by atoms with E-state index in [4.69, 9.17) is 4.74 Å². The predicted octanol–water partition coefficient (Wildman–Crippen LogP) is 6.20. The molecule has 5 nitrogen and oxygen atoms in total. The number of benzene rings is 3. The first-order valence-electron chi connectivity index (χ1n) is 10.6. The number of carbonyl (C=O) groups is 1. The highest BCUT2D eigenvalue weighted by molar-refractivity contribution is 9.10. The summed E-state index contributed by atoms with van der Waals surface area (Å²) < 4.78 is 9.11. The lowest BCUT2D eigenvalue weighted by Gasteiger charge is -2.10. The Bertz CT molecular complexity index is 1270. The molecular weight excluding hydrogens is 478 g/mol. The Balaban J connectivity index is 1.39. The van der Waals surface area contributed by atoms with Crippen LogP contribution in [0.3, 0.4) is 0 Å². The number of nitrogens with one attached hydrogen (secondary N) is 1. The summed E-state index contributed by atoms with van der Waals surface area (Å²) in [5.74, 6) is 0.420. The predicted molar refractivity (Wildman–Crippen MR) is 135 cm³/mol. The monoisotopic (exact) mass is 501 g/mol. The minimum Gasteiger partial charge on any atom is -0.488 e. The summed E-state index contributed by atoms with van der Waals surface area (Å²) in [5.41, 5.74) is 8.28. The highest BCUT2D eigenvalue weighted by Crippen LogP contribution is 2.19. The van der Waals surface area contributed by atoms with Crippen molar-refractivity contribution < 1.29 is 9.53 Å². The van der Waals surface area contributed by atoms with Crippen molar-refractivity contribution in [2.75, 3.05) is 0 Å². The molecule has 166 valence electrons. The summed E-state index contributed by atoms with van der Waals surface area (Å²) in [7, 11) is 0. The lowest BCUT2D eigenvalue weighted by molar-refractivity contribution is 0.0955. The van der Waals surface area contributed by atoms with Gasteiger partial charge in [0.25, 0.3) is 5.91 Å². The molecule has 1 N–H and O–H groups in total. The fourth-order valence-corrected chi connectivity index (χ4v) is 4.02. The number of para-hydroxylation sites is 1. The van der Waals surface area contributed by atoms with Gasteiger partial charge in [0.2, 0.25) is 0 Å². The molecule has 0 aliphatic rings. The van der Waals surface area contributed by atoms with E-state index in [0.717, 1.165) is 32.7 Å². The number of hydrazone groups is 1. The second kappa shape index (κ2) is 10.3. The van der Waals surface area contributed by atoms with Crippen LogP contribution < -0.4 is 10.2 Å². The highest BCUT2D eigenvalue weighted by atomic mass is 79.9. The largest absolute Gasteiger partial charge is 0.488 e. The average Bonchev–Trinajstić information content (AvgIpc) is 3.16. The van der Waals surface area contributed by atoms with E-state index < -0.39 is 0 Å². The van der Waals surface area contributed by atoms with E-state index in [1.165, 1.54) is 0 Å². The van der Waals surface area contributed by atoms with Gasteiger partial charge in [-0.25, -0.2) is 5.43 Å². The van der Waals surface area contributed by atoms with Crippen LogP contribution in [0.25, 0.3) is 5.69 Å². The zero-order chi connectivity index (χ0) is 23.2. The maximum Gasteiger partial charge on any atom is 0.271 e. The number of carbonyl (C=O) groups excluding carboxylic acids is 1. The molecule has 0 saturated carbocycles. The molecule has 0 saturated heterocycles. The van der Waals surface area contributed by atoms with Gasteiger partial charge >= 0.3 is 0 Å². The number of nitrogens with zero attached hydrogens (tertiary/aromatic N) is 2. The minimum absolute atomic E-state index is 0.272. The molecule has 3 aromatic carbocycles. The van der Waals surface area contributed by atoms with E-state index >= 15 is 0 Å². The van der Waals surface area contributed by atoms with E-state index in [-0.39, 0.29) is 5.91 Å². The number of halogens is 1. The van der Waals surface area contributed by atoms with Gasteiger partial charge in [-0.2, -0.15) is 5.10 Å². The van der Waals surface area contributed by atoms with E-state index in [1.807, 2.05) is 60.7 Å². The van der Waals surface area contributed by atoms with Crippen molar-refractivity contribution in [3.8, 4) is 11.4 Å². The molecule has 1 aromatic heterocycles. The second-order valence-corrected chi connectivity index (χ2v) is 8.57. The molecule has 0 radical (unpaired) electrons. The van der Waals surface area contributed by atoms with Crippen LogP contribution in [0.15, 0.2) is 94.5 Å². The number of hydrogen-bond acceptors (Lipinski definition) is 3. The number of rotatable bonds is 7. The van der Waals surface area contributed by atoms with Crippen LogP contribution in [0.4, 0.5) is 0 Å². The van der Waals surface area contributed by atoms with Crippen molar-refractivity contribution in [2.45, 2.75) is 20.5 Å². The molecule has 0 aliphatic carbocycles. The lowest BCUT2D eigenvalue weighted by atomic mass is 10.2. The minimum atomic E-state index is -0.272. The SMILES string of the molecule is Cc1ccc(C)n1-c1ccc(C(=O)N/N=C\c2ccccc2OCc2cccc(Br)c2)cc1. The van der Waals surface area contributed by atoms with Gasteiger partial charge in [-0.3, -0.25) is 4.79 Å². The van der Waals surface area contributed by atoms with Crippen LogP contribution in [-0.2, 0) is 6.61 Å². The quantitative estimate of drug-likeness (QED) is 0.242. The molecular formula is C27H24BrN3O2. The Kier molecular flexibility index (Phi) is 7.05. The maximum atomic E-state index is 12.5.